The van der Waals surface area contributed by atoms with E-state index >= 15 is 0 Å². The Morgan fingerprint density at radius 1 is 1.53 bits per heavy atom. The zero-order valence-corrected chi connectivity index (χ0v) is 14.0. The summed E-state index contributed by atoms with van der Waals surface area (Å²) in [7, 11) is 1.63. The van der Waals surface area contributed by atoms with Crippen molar-refractivity contribution in [1.29, 1.82) is 0 Å². The van der Waals surface area contributed by atoms with E-state index in [4.69, 9.17) is 4.74 Å². The molecular weight excluding hydrogens is 379 g/mol. The molecule has 0 saturated carbocycles. The van der Waals surface area contributed by atoms with Gasteiger partial charge in [-0.05, 0) is 47.7 Å². The van der Waals surface area contributed by atoms with Crippen molar-refractivity contribution in [2.24, 2.45) is 0 Å². The standard InChI is InChI=1S/C13H17IN2O2.ClH/c1-9-8-15-5-6-16(9)13(17)11-4-3-10(18-2)7-12(11)14;/h3-4,7,9,15H,5-6,8H2,1-2H3;1H/t9-;/m1./s1. The molecule has 4 nitrogen and oxygen atoms in total. The van der Waals surface area contributed by atoms with E-state index in [-0.39, 0.29) is 24.4 Å². The molecule has 0 spiro atoms. The lowest BCUT2D eigenvalue weighted by Crippen LogP contribution is -2.52. The molecule has 1 aromatic carbocycles. The molecule has 0 aliphatic carbocycles. The highest BCUT2D eigenvalue weighted by molar-refractivity contribution is 14.1. The topological polar surface area (TPSA) is 41.6 Å². The quantitative estimate of drug-likeness (QED) is 0.779. The van der Waals surface area contributed by atoms with Crippen LogP contribution in [0.25, 0.3) is 0 Å². The monoisotopic (exact) mass is 396 g/mol. The van der Waals surface area contributed by atoms with E-state index < -0.39 is 0 Å². The summed E-state index contributed by atoms with van der Waals surface area (Å²) in [6.07, 6.45) is 0. The zero-order chi connectivity index (χ0) is 13.1. The maximum absolute atomic E-state index is 12.5. The highest BCUT2D eigenvalue weighted by Gasteiger charge is 2.25. The third-order valence-corrected chi connectivity index (χ3v) is 4.06. The van der Waals surface area contributed by atoms with Crippen molar-refractivity contribution < 1.29 is 9.53 Å². The Morgan fingerprint density at radius 3 is 2.84 bits per heavy atom. The number of hydrogen-bond acceptors (Lipinski definition) is 3. The minimum absolute atomic E-state index is 0. The highest BCUT2D eigenvalue weighted by Crippen LogP contribution is 2.21. The lowest BCUT2D eigenvalue weighted by molar-refractivity contribution is 0.0654. The maximum Gasteiger partial charge on any atom is 0.255 e. The molecule has 106 valence electrons. The molecule has 1 saturated heterocycles. The Hall–Kier alpha value is -0.530. The number of nitrogens with zero attached hydrogens (tertiary/aromatic N) is 1. The minimum Gasteiger partial charge on any atom is -0.497 e. The first-order valence-electron chi connectivity index (χ1n) is 5.98. The van der Waals surface area contributed by atoms with E-state index in [1.54, 1.807) is 7.11 Å². The molecule has 1 N–H and O–H groups in total. The molecule has 0 bridgehead atoms. The normalized spacial score (nSPS) is 18.7. The first-order chi connectivity index (χ1) is 8.63. The van der Waals surface area contributed by atoms with Crippen molar-refractivity contribution >= 4 is 40.9 Å². The lowest BCUT2D eigenvalue weighted by Gasteiger charge is -2.34. The van der Waals surface area contributed by atoms with Gasteiger partial charge in [0.2, 0.25) is 0 Å². The summed E-state index contributed by atoms with van der Waals surface area (Å²) in [6, 6.07) is 5.81. The predicted molar refractivity (Wildman–Crippen MR) is 86.3 cm³/mol. The molecule has 1 aliphatic heterocycles. The molecule has 1 aromatic rings. The summed E-state index contributed by atoms with van der Waals surface area (Å²) < 4.78 is 6.09. The molecule has 0 unspecified atom stereocenters. The largest absolute Gasteiger partial charge is 0.497 e. The van der Waals surface area contributed by atoms with Crippen molar-refractivity contribution in [3.05, 3.63) is 27.3 Å². The number of carbonyl (C=O) groups excluding carboxylic acids is 1. The molecule has 19 heavy (non-hydrogen) atoms. The van der Waals surface area contributed by atoms with E-state index in [2.05, 4.69) is 34.8 Å². The molecule has 1 amide bonds. The number of methoxy groups -OCH3 is 1. The number of carbonyl (C=O) groups is 1. The van der Waals surface area contributed by atoms with Gasteiger partial charge in [0.05, 0.1) is 12.7 Å². The smallest absolute Gasteiger partial charge is 0.255 e. The number of rotatable bonds is 2. The van der Waals surface area contributed by atoms with Crippen molar-refractivity contribution in [1.82, 2.24) is 10.2 Å². The SMILES string of the molecule is COc1ccc(C(=O)N2CCNC[C@H]2C)c(I)c1.Cl. The summed E-state index contributed by atoms with van der Waals surface area (Å²) in [6.45, 7) is 4.56. The number of piperazine rings is 1. The van der Waals surface area contributed by atoms with Gasteiger partial charge in [0.1, 0.15) is 5.75 Å². The van der Waals surface area contributed by atoms with E-state index in [1.165, 1.54) is 0 Å². The maximum atomic E-state index is 12.5. The van der Waals surface area contributed by atoms with Crippen molar-refractivity contribution in [3.63, 3.8) is 0 Å². The number of nitrogens with one attached hydrogen (secondary N) is 1. The molecular formula is C13H18ClIN2O2. The summed E-state index contributed by atoms with van der Waals surface area (Å²) in [5, 5.41) is 3.29. The van der Waals surface area contributed by atoms with Gasteiger partial charge in [-0.25, -0.2) is 0 Å². The Balaban J connectivity index is 0.00000180. The number of benzene rings is 1. The second-order valence-corrected chi connectivity index (χ2v) is 5.56. The lowest BCUT2D eigenvalue weighted by atomic mass is 10.1. The summed E-state index contributed by atoms with van der Waals surface area (Å²) in [5.74, 6) is 0.889. The third-order valence-electron chi connectivity index (χ3n) is 3.17. The van der Waals surface area contributed by atoms with Gasteiger partial charge in [0.15, 0.2) is 0 Å². The zero-order valence-electron chi connectivity index (χ0n) is 11.0. The van der Waals surface area contributed by atoms with Crippen LogP contribution in [-0.4, -0.2) is 43.6 Å². The van der Waals surface area contributed by atoms with Crippen LogP contribution in [0.1, 0.15) is 17.3 Å². The van der Waals surface area contributed by atoms with Gasteiger partial charge in [-0.3, -0.25) is 4.79 Å². The van der Waals surface area contributed by atoms with Crippen LogP contribution >= 0.6 is 35.0 Å². The second-order valence-electron chi connectivity index (χ2n) is 4.40. The predicted octanol–water partition coefficient (Wildman–Crippen LogP) is 2.16. The van der Waals surface area contributed by atoms with Crippen LogP contribution in [0, 0.1) is 3.57 Å². The first-order valence-corrected chi connectivity index (χ1v) is 7.06. The van der Waals surface area contributed by atoms with Gasteiger partial charge in [-0.2, -0.15) is 0 Å². The third kappa shape index (κ3) is 3.73. The Bertz CT molecular complexity index is 456. The second kappa shape index (κ2) is 7.31. The number of ether oxygens (including phenoxy) is 1. The fourth-order valence-corrected chi connectivity index (χ4v) is 2.81. The molecule has 1 atom stereocenters. The molecule has 6 heteroatoms. The van der Waals surface area contributed by atoms with Crippen LogP contribution in [0.2, 0.25) is 0 Å². The molecule has 0 aromatic heterocycles. The molecule has 2 rings (SSSR count). The van der Waals surface area contributed by atoms with Gasteiger partial charge in [0, 0.05) is 29.2 Å². The van der Waals surface area contributed by atoms with E-state index in [0.717, 1.165) is 34.5 Å². The molecule has 1 aliphatic rings. The number of amides is 1. The van der Waals surface area contributed by atoms with E-state index in [0.29, 0.717) is 0 Å². The molecule has 0 radical (unpaired) electrons. The summed E-state index contributed by atoms with van der Waals surface area (Å²) in [5.41, 5.74) is 0.755. The first kappa shape index (κ1) is 16.5. The molecule has 1 heterocycles. The van der Waals surface area contributed by atoms with Gasteiger partial charge < -0.3 is 15.0 Å². The van der Waals surface area contributed by atoms with E-state index in [9.17, 15) is 4.79 Å². The summed E-state index contributed by atoms with van der Waals surface area (Å²) >= 11 is 2.18. The van der Waals surface area contributed by atoms with Crippen LogP contribution in [-0.2, 0) is 0 Å². The van der Waals surface area contributed by atoms with Gasteiger partial charge >= 0.3 is 0 Å². The van der Waals surface area contributed by atoms with Crippen LogP contribution in [0.4, 0.5) is 0 Å². The fourth-order valence-electron chi connectivity index (χ4n) is 2.09. The Morgan fingerprint density at radius 2 is 2.26 bits per heavy atom. The van der Waals surface area contributed by atoms with Crippen LogP contribution in [0.3, 0.4) is 0 Å². The van der Waals surface area contributed by atoms with Gasteiger partial charge in [-0.1, -0.05) is 0 Å². The van der Waals surface area contributed by atoms with Gasteiger partial charge in [-0.15, -0.1) is 12.4 Å². The van der Waals surface area contributed by atoms with Crippen LogP contribution in [0.5, 0.6) is 5.75 Å². The number of hydrogen-bond donors (Lipinski definition) is 1. The Kier molecular flexibility index (Phi) is 6.35. The van der Waals surface area contributed by atoms with E-state index in [1.807, 2.05) is 23.1 Å². The highest BCUT2D eigenvalue weighted by atomic mass is 127. The van der Waals surface area contributed by atoms with Crippen LogP contribution < -0.4 is 10.1 Å². The summed E-state index contributed by atoms with van der Waals surface area (Å²) in [4.78, 5) is 14.4. The van der Waals surface area contributed by atoms with Crippen LogP contribution in [0.15, 0.2) is 18.2 Å². The molecule has 1 fully saturated rings. The minimum atomic E-state index is 0. The Labute approximate surface area is 133 Å². The fraction of sp³-hybridized carbons (Fsp3) is 0.462. The number of halogens is 2. The average molecular weight is 397 g/mol. The van der Waals surface area contributed by atoms with Gasteiger partial charge in [0.25, 0.3) is 5.91 Å². The van der Waals surface area contributed by atoms with Crippen molar-refractivity contribution in [2.75, 3.05) is 26.7 Å². The average Bonchev–Trinajstić information content (AvgIpc) is 2.38. The van der Waals surface area contributed by atoms with Crippen molar-refractivity contribution in [3.8, 4) is 5.75 Å². The van der Waals surface area contributed by atoms with Crippen molar-refractivity contribution in [2.45, 2.75) is 13.0 Å².